The first kappa shape index (κ1) is 29.5. The van der Waals surface area contributed by atoms with E-state index in [9.17, 15) is 14.9 Å². The molecule has 1 aliphatic rings. The van der Waals surface area contributed by atoms with E-state index in [-0.39, 0.29) is 18.3 Å². The van der Waals surface area contributed by atoms with Crippen LogP contribution in [0.25, 0.3) is 6.08 Å². The van der Waals surface area contributed by atoms with E-state index in [0.717, 1.165) is 16.7 Å². The quantitative estimate of drug-likeness (QED) is 0.252. The van der Waals surface area contributed by atoms with Crippen molar-refractivity contribution in [3.63, 3.8) is 0 Å². The Balaban J connectivity index is 1.49. The number of benzene rings is 3. The van der Waals surface area contributed by atoms with Gasteiger partial charge in [0.2, 0.25) is 0 Å². The highest BCUT2D eigenvalue weighted by atomic mass is 32.1. The molecule has 4 aromatic rings. The van der Waals surface area contributed by atoms with Crippen molar-refractivity contribution in [1.82, 2.24) is 4.57 Å². The van der Waals surface area contributed by atoms with Crippen molar-refractivity contribution in [2.24, 2.45) is 4.99 Å². The number of ether oxygens (including phenoxy) is 3. The van der Waals surface area contributed by atoms with E-state index >= 15 is 0 Å². The topological polar surface area (TPSA) is 103 Å². The normalized spacial score (nSPS) is 14.6. The highest BCUT2D eigenvalue weighted by molar-refractivity contribution is 7.07. The second-order valence-electron chi connectivity index (χ2n) is 10.2. The van der Waals surface area contributed by atoms with Gasteiger partial charge in [-0.05, 0) is 75.2 Å². The molecule has 8 nitrogen and oxygen atoms in total. The lowest BCUT2D eigenvalue weighted by Gasteiger charge is -2.25. The van der Waals surface area contributed by atoms with Gasteiger partial charge in [-0.25, -0.2) is 9.79 Å². The molecule has 5 rings (SSSR count). The molecular formula is C34H31N3O5S. The number of hydrogen-bond donors (Lipinski definition) is 0. The van der Waals surface area contributed by atoms with Gasteiger partial charge in [-0.1, -0.05) is 53.8 Å². The summed E-state index contributed by atoms with van der Waals surface area (Å²) in [4.78, 5) is 32.3. The van der Waals surface area contributed by atoms with E-state index in [1.807, 2.05) is 73.7 Å². The zero-order chi connectivity index (χ0) is 30.5. The zero-order valence-electron chi connectivity index (χ0n) is 24.4. The molecule has 9 heteroatoms. The third-order valence-corrected chi connectivity index (χ3v) is 7.78. The largest absolute Gasteiger partial charge is 0.494 e. The second-order valence-corrected chi connectivity index (χ2v) is 11.2. The third-order valence-electron chi connectivity index (χ3n) is 6.80. The van der Waals surface area contributed by atoms with E-state index in [1.165, 1.54) is 11.3 Å². The highest BCUT2D eigenvalue weighted by Gasteiger charge is 2.33. The van der Waals surface area contributed by atoms with Crippen LogP contribution in [0, 0.1) is 11.3 Å². The molecule has 0 aliphatic carbocycles. The SMILES string of the molecule is CCOc1ccc([C@@H]2C(C(=O)OC(C)C)=C(C)N=c3s/c(=C/c4ccc(OCc5ccccc5C#N)cc4)c(=O)n32)cc1. The van der Waals surface area contributed by atoms with Crippen LogP contribution >= 0.6 is 11.3 Å². The zero-order valence-corrected chi connectivity index (χ0v) is 25.2. The maximum absolute atomic E-state index is 13.9. The van der Waals surface area contributed by atoms with Gasteiger partial charge in [0, 0.05) is 5.56 Å². The van der Waals surface area contributed by atoms with Gasteiger partial charge in [0.25, 0.3) is 5.56 Å². The predicted octanol–water partition coefficient (Wildman–Crippen LogP) is 5.04. The number of rotatable bonds is 9. The molecule has 2 heterocycles. The number of allylic oxidation sites excluding steroid dienone is 1. The standard InChI is InChI=1S/C34H31N3O5S/c1-5-40-27-16-12-24(13-17-27)31-30(33(39)42-21(2)3)22(4)36-34-37(31)32(38)29(43-34)18-23-10-14-28(15-11-23)41-20-26-9-7-6-8-25(26)19-35/h6-18,21,31H,5,20H2,1-4H3/b29-18+/t31-/m1/s1. The number of thiazole rings is 1. The van der Waals surface area contributed by atoms with Crippen molar-refractivity contribution in [1.29, 1.82) is 5.26 Å². The van der Waals surface area contributed by atoms with E-state index < -0.39 is 12.0 Å². The number of esters is 1. The fourth-order valence-corrected chi connectivity index (χ4v) is 5.86. The smallest absolute Gasteiger partial charge is 0.338 e. The minimum Gasteiger partial charge on any atom is -0.494 e. The fraction of sp³-hybridized carbons (Fsp3) is 0.235. The second kappa shape index (κ2) is 12.9. The Bertz CT molecular complexity index is 1900. The van der Waals surface area contributed by atoms with Crippen LogP contribution in [0.15, 0.2) is 93.9 Å². The maximum Gasteiger partial charge on any atom is 0.338 e. The van der Waals surface area contributed by atoms with Crippen LogP contribution < -0.4 is 24.4 Å². The summed E-state index contributed by atoms with van der Waals surface area (Å²) in [6.07, 6.45) is 1.48. The van der Waals surface area contributed by atoms with Crippen LogP contribution in [-0.4, -0.2) is 23.2 Å². The van der Waals surface area contributed by atoms with Gasteiger partial charge < -0.3 is 14.2 Å². The summed E-state index contributed by atoms with van der Waals surface area (Å²) in [5, 5.41) is 9.30. The first-order valence-corrected chi connectivity index (χ1v) is 14.8. The predicted molar refractivity (Wildman–Crippen MR) is 165 cm³/mol. The fourth-order valence-electron chi connectivity index (χ4n) is 4.82. The molecule has 0 fully saturated rings. The van der Waals surface area contributed by atoms with Crippen LogP contribution in [-0.2, 0) is 16.1 Å². The van der Waals surface area contributed by atoms with Crippen molar-refractivity contribution in [3.8, 4) is 17.6 Å². The Morgan fingerprint density at radius 2 is 1.72 bits per heavy atom. The van der Waals surface area contributed by atoms with Crippen molar-refractivity contribution < 1.29 is 19.0 Å². The molecule has 0 saturated heterocycles. The van der Waals surface area contributed by atoms with Crippen molar-refractivity contribution in [2.45, 2.75) is 46.4 Å². The summed E-state index contributed by atoms with van der Waals surface area (Å²) in [6, 6.07) is 23.6. The Morgan fingerprint density at radius 1 is 1.05 bits per heavy atom. The molecule has 3 aromatic carbocycles. The molecule has 1 aliphatic heterocycles. The van der Waals surface area contributed by atoms with E-state index in [2.05, 4.69) is 11.1 Å². The van der Waals surface area contributed by atoms with Gasteiger partial charge in [0.1, 0.15) is 18.1 Å². The lowest BCUT2D eigenvalue weighted by Crippen LogP contribution is -2.40. The minimum atomic E-state index is -0.701. The average Bonchev–Trinajstić information content (AvgIpc) is 3.30. The van der Waals surface area contributed by atoms with Crippen molar-refractivity contribution in [3.05, 3.63) is 126 Å². The summed E-state index contributed by atoms with van der Waals surface area (Å²) in [5.41, 5.74) is 3.54. The lowest BCUT2D eigenvalue weighted by molar-refractivity contribution is -0.143. The molecule has 1 atom stereocenters. The van der Waals surface area contributed by atoms with Crippen LogP contribution in [0.1, 0.15) is 56.0 Å². The molecule has 0 N–H and O–H groups in total. The van der Waals surface area contributed by atoms with Gasteiger partial charge in [0.15, 0.2) is 4.80 Å². The number of nitriles is 1. The molecule has 0 amide bonds. The summed E-state index contributed by atoms with van der Waals surface area (Å²) in [7, 11) is 0. The number of carbonyl (C=O) groups is 1. The molecule has 0 spiro atoms. The summed E-state index contributed by atoms with van der Waals surface area (Å²) < 4.78 is 19.1. The van der Waals surface area contributed by atoms with Crippen LogP contribution in [0.2, 0.25) is 0 Å². The van der Waals surface area contributed by atoms with Crippen LogP contribution in [0.4, 0.5) is 0 Å². The average molecular weight is 594 g/mol. The monoisotopic (exact) mass is 593 g/mol. The van der Waals surface area contributed by atoms with Crippen LogP contribution in [0.5, 0.6) is 11.5 Å². The molecule has 0 radical (unpaired) electrons. The minimum absolute atomic E-state index is 0.251. The van der Waals surface area contributed by atoms with Crippen molar-refractivity contribution in [2.75, 3.05) is 6.61 Å². The third kappa shape index (κ3) is 6.45. The van der Waals surface area contributed by atoms with E-state index in [0.29, 0.717) is 44.3 Å². The summed E-state index contributed by atoms with van der Waals surface area (Å²) in [5.74, 6) is 0.843. The molecule has 43 heavy (non-hydrogen) atoms. The number of nitrogens with zero attached hydrogens (tertiary/aromatic N) is 3. The lowest BCUT2D eigenvalue weighted by atomic mass is 9.96. The molecule has 1 aromatic heterocycles. The van der Waals surface area contributed by atoms with E-state index in [4.69, 9.17) is 14.2 Å². The first-order chi connectivity index (χ1) is 20.8. The summed E-state index contributed by atoms with van der Waals surface area (Å²) >= 11 is 1.27. The number of fused-ring (bicyclic) bond motifs is 1. The van der Waals surface area contributed by atoms with Gasteiger partial charge >= 0.3 is 5.97 Å². The molecular weight excluding hydrogens is 562 g/mol. The summed E-state index contributed by atoms with van der Waals surface area (Å²) in [6.45, 7) is 8.06. The maximum atomic E-state index is 13.9. The Kier molecular flexibility index (Phi) is 8.88. The van der Waals surface area contributed by atoms with Gasteiger partial charge in [-0.15, -0.1) is 0 Å². The molecule has 0 saturated carbocycles. The van der Waals surface area contributed by atoms with Gasteiger partial charge in [-0.2, -0.15) is 5.26 Å². The van der Waals surface area contributed by atoms with Gasteiger partial charge in [0.05, 0.1) is 46.2 Å². The van der Waals surface area contributed by atoms with Crippen LogP contribution in [0.3, 0.4) is 0 Å². The van der Waals surface area contributed by atoms with E-state index in [1.54, 1.807) is 37.5 Å². The molecule has 0 unspecified atom stereocenters. The number of aromatic nitrogens is 1. The highest BCUT2D eigenvalue weighted by Crippen LogP contribution is 2.32. The molecule has 218 valence electrons. The number of hydrogen-bond acceptors (Lipinski definition) is 8. The van der Waals surface area contributed by atoms with Crippen molar-refractivity contribution >= 4 is 23.4 Å². The Labute approximate surface area is 253 Å². The Morgan fingerprint density at radius 3 is 2.40 bits per heavy atom. The number of carbonyl (C=O) groups excluding carboxylic acids is 1. The van der Waals surface area contributed by atoms with Gasteiger partial charge in [-0.3, -0.25) is 9.36 Å². The first-order valence-electron chi connectivity index (χ1n) is 14.0. The molecule has 0 bridgehead atoms. The Hall–Kier alpha value is -4.94.